The molecule has 0 bridgehead atoms. The van der Waals surface area contributed by atoms with Crippen LogP contribution in [0.3, 0.4) is 0 Å². The van der Waals surface area contributed by atoms with Gasteiger partial charge in [-0.1, -0.05) is 44.2 Å². The molecule has 0 atom stereocenters. The monoisotopic (exact) mass is 235 g/mol. The first-order valence-corrected chi connectivity index (χ1v) is 6.38. The molecule has 1 N–H and O–H groups in total. The van der Waals surface area contributed by atoms with Crippen LogP contribution in [0, 0.1) is 5.41 Å². The summed E-state index contributed by atoms with van der Waals surface area (Å²) < 4.78 is 5.09. The number of methoxy groups -OCH3 is 1. The molecule has 0 spiro atoms. The summed E-state index contributed by atoms with van der Waals surface area (Å²) in [4.78, 5) is 0. The average molecular weight is 235 g/mol. The molecule has 0 aliphatic heterocycles. The van der Waals surface area contributed by atoms with Gasteiger partial charge < -0.3 is 10.1 Å². The molecule has 0 saturated heterocycles. The van der Waals surface area contributed by atoms with E-state index in [-0.39, 0.29) is 0 Å². The molecule has 17 heavy (non-hydrogen) atoms. The van der Waals surface area contributed by atoms with Crippen LogP contribution < -0.4 is 5.32 Å². The Morgan fingerprint density at radius 1 is 1.18 bits per heavy atom. The lowest BCUT2D eigenvalue weighted by atomic mass is 9.88. The van der Waals surface area contributed by atoms with Crippen molar-refractivity contribution in [2.45, 2.75) is 33.2 Å². The zero-order chi connectivity index (χ0) is 12.6. The summed E-state index contributed by atoms with van der Waals surface area (Å²) in [5.41, 5.74) is 1.69. The third kappa shape index (κ3) is 6.44. The van der Waals surface area contributed by atoms with Gasteiger partial charge in [0.05, 0.1) is 0 Å². The van der Waals surface area contributed by atoms with Crippen LogP contribution >= 0.6 is 0 Å². The quantitative estimate of drug-likeness (QED) is 0.698. The fourth-order valence-electron chi connectivity index (χ4n) is 1.92. The lowest BCUT2D eigenvalue weighted by Gasteiger charge is -2.25. The van der Waals surface area contributed by atoms with Gasteiger partial charge in [-0.25, -0.2) is 0 Å². The largest absolute Gasteiger partial charge is 0.385 e. The fraction of sp³-hybridized carbons (Fsp3) is 0.600. The van der Waals surface area contributed by atoms with E-state index in [4.69, 9.17) is 4.74 Å². The number of nitrogens with one attached hydrogen (secondary N) is 1. The SMILES string of the molecule is COCCCC(C)(C)CNCc1ccccc1. The Labute approximate surface area is 105 Å². The maximum absolute atomic E-state index is 5.09. The highest BCUT2D eigenvalue weighted by Gasteiger charge is 2.16. The minimum atomic E-state index is 0.341. The Bertz CT molecular complexity index is 295. The smallest absolute Gasteiger partial charge is 0.0462 e. The number of benzene rings is 1. The van der Waals surface area contributed by atoms with Crippen LogP contribution in [0.2, 0.25) is 0 Å². The second kappa shape index (κ2) is 7.46. The zero-order valence-corrected chi connectivity index (χ0v) is 11.3. The molecular formula is C15H25NO. The number of hydrogen-bond acceptors (Lipinski definition) is 2. The molecule has 0 heterocycles. The van der Waals surface area contributed by atoms with Crippen molar-refractivity contribution in [3.05, 3.63) is 35.9 Å². The molecule has 1 rings (SSSR count). The average Bonchev–Trinajstić information content (AvgIpc) is 2.30. The summed E-state index contributed by atoms with van der Waals surface area (Å²) in [6, 6.07) is 10.5. The summed E-state index contributed by atoms with van der Waals surface area (Å²) in [5, 5.41) is 3.53. The van der Waals surface area contributed by atoms with E-state index in [9.17, 15) is 0 Å². The van der Waals surface area contributed by atoms with Gasteiger partial charge in [0, 0.05) is 26.8 Å². The fourth-order valence-corrected chi connectivity index (χ4v) is 1.92. The molecule has 2 nitrogen and oxygen atoms in total. The third-order valence-electron chi connectivity index (χ3n) is 2.98. The van der Waals surface area contributed by atoms with Crippen molar-refractivity contribution >= 4 is 0 Å². The Morgan fingerprint density at radius 3 is 2.53 bits per heavy atom. The van der Waals surface area contributed by atoms with E-state index in [1.54, 1.807) is 7.11 Å². The first kappa shape index (κ1) is 14.2. The Kier molecular flexibility index (Phi) is 6.23. The van der Waals surface area contributed by atoms with Gasteiger partial charge in [0.1, 0.15) is 0 Å². The van der Waals surface area contributed by atoms with E-state index in [1.807, 2.05) is 0 Å². The predicted molar refractivity (Wildman–Crippen MR) is 73.0 cm³/mol. The summed E-state index contributed by atoms with van der Waals surface area (Å²) in [7, 11) is 1.76. The van der Waals surface area contributed by atoms with Crippen LogP contribution in [0.4, 0.5) is 0 Å². The lowest BCUT2D eigenvalue weighted by molar-refractivity contribution is 0.174. The molecule has 0 aliphatic carbocycles. The summed E-state index contributed by atoms with van der Waals surface area (Å²) in [6.45, 7) is 7.48. The van der Waals surface area contributed by atoms with Crippen LogP contribution in [0.5, 0.6) is 0 Å². The Morgan fingerprint density at radius 2 is 1.88 bits per heavy atom. The molecule has 0 aliphatic rings. The molecule has 1 aromatic rings. The van der Waals surface area contributed by atoms with Gasteiger partial charge in [-0.3, -0.25) is 0 Å². The van der Waals surface area contributed by atoms with Crippen molar-refractivity contribution in [2.75, 3.05) is 20.3 Å². The highest BCUT2D eigenvalue weighted by atomic mass is 16.5. The molecule has 1 aromatic carbocycles. The first-order chi connectivity index (χ1) is 8.14. The lowest BCUT2D eigenvalue weighted by Crippen LogP contribution is -2.29. The molecular weight excluding hydrogens is 210 g/mol. The molecule has 0 unspecified atom stereocenters. The highest BCUT2D eigenvalue weighted by Crippen LogP contribution is 2.21. The van der Waals surface area contributed by atoms with E-state index in [0.717, 1.165) is 26.1 Å². The molecule has 0 radical (unpaired) electrons. The summed E-state index contributed by atoms with van der Waals surface area (Å²) in [6.07, 6.45) is 2.33. The second-order valence-electron chi connectivity index (χ2n) is 5.35. The van der Waals surface area contributed by atoms with Crippen molar-refractivity contribution in [1.29, 1.82) is 0 Å². The molecule has 0 aromatic heterocycles. The van der Waals surface area contributed by atoms with Crippen LogP contribution in [-0.4, -0.2) is 20.3 Å². The van der Waals surface area contributed by atoms with Gasteiger partial charge >= 0.3 is 0 Å². The van der Waals surface area contributed by atoms with Crippen molar-refractivity contribution in [2.24, 2.45) is 5.41 Å². The molecule has 0 amide bonds. The molecule has 96 valence electrons. The van der Waals surface area contributed by atoms with Gasteiger partial charge in [-0.2, -0.15) is 0 Å². The van der Waals surface area contributed by atoms with Crippen LogP contribution in [0.25, 0.3) is 0 Å². The third-order valence-corrected chi connectivity index (χ3v) is 2.98. The minimum Gasteiger partial charge on any atom is -0.385 e. The van der Waals surface area contributed by atoms with Gasteiger partial charge in [0.25, 0.3) is 0 Å². The predicted octanol–water partition coefficient (Wildman–Crippen LogP) is 3.23. The summed E-state index contributed by atoms with van der Waals surface area (Å²) >= 11 is 0. The Balaban J connectivity index is 2.20. The zero-order valence-electron chi connectivity index (χ0n) is 11.3. The van der Waals surface area contributed by atoms with E-state index in [2.05, 4.69) is 49.5 Å². The molecule has 0 saturated carbocycles. The van der Waals surface area contributed by atoms with Crippen LogP contribution in [0.1, 0.15) is 32.3 Å². The first-order valence-electron chi connectivity index (χ1n) is 6.38. The topological polar surface area (TPSA) is 21.3 Å². The summed E-state index contributed by atoms with van der Waals surface area (Å²) in [5.74, 6) is 0. The number of rotatable bonds is 8. The Hall–Kier alpha value is -0.860. The van der Waals surface area contributed by atoms with E-state index >= 15 is 0 Å². The standard InChI is InChI=1S/C15H25NO/c1-15(2,10-7-11-17-3)13-16-12-14-8-5-4-6-9-14/h4-6,8-9,16H,7,10-13H2,1-3H3. The van der Waals surface area contributed by atoms with E-state index < -0.39 is 0 Å². The van der Waals surface area contributed by atoms with E-state index in [0.29, 0.717) is 5.41 Å². The van der Waals surface area contributed by atoms with Gasteiger partial charge in [0.15, 0.2) is 0 Å². The van der Waals surface area contributed by atoms with E-state index in [1.165, 1.54) is 12.0 Å². The van der Waals surface area contributed by atoms with Crippen molar-refractivity contribution in [3.8, 4) is 0 Å². The molecule has 0 fully saturated rings. The number of ether oxygens (including phenoxy) is 1. The van der Waals surface area contributed by atoms with Gasteiger partial charge in [-0.05, 0) is 23.8 Å². The normalized spacial score (nSPS) is 11.7. The van der Waals surface area contributed by atoms with Crippen molar-refractivity contribution in [3.63, 3.8) is 0 Å². The van der Waals surface area contributed by atoms with Crippen LogP contribution in [0.15, 0.2) is 30.3 Å². The second-order valence-corrected chi connectivity index (χ2v) is 5.35. The minimum absolute atomic E-state index is 0.341. The maximum Gasteiger partial charge on any atom is 0.0462 e. The van der Waals surface area contributed by atoms with Gasteiger partial charge in [0.2, 0.25) is 0 Å². The highest BCUT2D eigenvalue weighted by molar-refractivity contribution is 5.14. The molecule has 2 heteroatoms. The van der Waals surface area contributed by atoms with Crippen LogP contribution in [-0.2, 0) is 11.3 Å². The number of hydrogen-bond donors (Lipinski definition) is 1. The van der Waals surface area contributed by atoms with Gasteiger partial charge in [-0.15, -0.1) is 0 Å². The maximum atomic E-state index is 5.09. The van der Waals surface area contributed by atoms with Crippen molar-refractivity contribution < 1.29 is 4.74 Å². The van der Waals surface area contributed by atoms with Crippen molar-refractivity contribution in [1.82, 2.24) is 5.32 Å².